The summed E-state index contributed by atoms with van der Waals surface area (Å²) in [5, 5.41) is 9.31. The number of rotatable bonds is 2. The standard InChI is InChI=1S/C13H21NO3S/c1-12(2)6-7-14(8-9-18-12)10(15)13(11(16)17)4-3-5-13/h3-9H2,1-2H3,(H,16,17). The maximum atomic E-state index is 12.4. The van der Waals surface area contributed by atoms with Gasteiger partial charge in [0, 0.05) is 23.6 Å². The van der Waals surface area contributed by atoms with Crippen LogP contribution >= 0.6 is 11.8 Å². The van der Waals surface area contributed by atoms with E-state index in [-0.39, 0.29) is 10.7 Å². The molecule has 1 aliphatic heterocycles. The summed E-state index contributed by atoms with van der Waals surface area (Å²) in [7, 11) is 0. The first kappa shape index (κ1) is 13.7. The lowest BCUT2D eigenvalue weighted by atomic mass is 9.67. The molecule has 0 aromatic heterocycles. The van der Waals surface area contributed by atoms with Crippen LogP contribution in [-0.4, -0.2) is 45.5 Å². The molecule has 2 fully saturated rings. The largest absolute Gasteiger partial charge is 0.480 e. The minimum absolute atomic E-state index is 0.153. The van der Waals surface area contributed by atoms with E-state index in [0.29, 0.717) is 25.9 Å². The van der Waals surface area contributed by atoms with E-state index >= 15 is 0 Å². The molecule has 1 saturated heterocycles. The van der Waals surface area contributed by atoms with Gasteiger partial charge in [0.2, 0.25) is 5.91 Å². The Labute approximate surface area is 112 Å². The van der Waals surface area contributed by atoms with Crippen LogP contribution in [0.5, 0.6) is 0 Å². The summed E-state index contributed by atoms with van der Waals surface area (Å²) in [6.07, 6.45) is 2.80. The van der Waals surface area contributed by atoms with Gasteiger partial charge in [0.1, 0.15) is 5.41 Å². The van der Waals surface area contributed by atoms with Crippen LogP contribution in [0.1, 0.15) is 39.5 Å². The quantitative estimate of drug-likeness (QED) is 0.780. The average molecular weight is 271 g/mol. The van der Waals surface area contributed by atoms with Crippen LogP contribution in [-0.2, 0) is 9.59 Å². The molecule has 0 aromatic rings. The highest BCUT2D eigenvalue weighted by Crippen LogP contribution is 2.43. The zero-order chi connectivity index (χ0) is 13.4. The highest BCUT2D eigenvalue weighted by Gasteiger charge is 2.53. The number of amides is 1. The Hall–Kier alpha value is -0.710. The molecule has 18 heavy (non-hydrogen) atoms. The first-order valence-electron chi connectivity index (χ1n) is 6.54. The van der Waals surface area contributed by atoms with E-state index in [1.54, 1.807) is 4.90 Å². The van der Waals surface area contributed by atoms with E-state index in [0.717, 1.165) is 18.6 Å². The molecule has 0 radical (unpaired) electrons. The second-order valence-electron chi connectivity index (χ2n) is 5.89. The average Bonchev–Trinajstić information content (AvgIpc) is 2.36. The molecule has 2 aliphatic rings. The summed E-state index contributed by atoms with van der Waals surface area (Å²) in [6.45, 7) is 5.74. The van der Waals surface area contributed by atoms with Crippen LogP contribution in [0.15, 0.2) is 0 Å². The minimum atomic E-state index is -1.10. The summed E-state index contributed by atoms with van der Waals surface area (Å²) >= 11 is 1.87. The number of carboxylic acids is 1. The number of carbonyl (C=O) groups excluding carboxylic acids is 1. The molecule has 0 aromatic carbocycles. The van der Waals surface area contributed by atoms with Crippen molar-refractivity contribution in [3.63, 3.8) is 0 Å². The number of aliphatic carboxylic acids is 1. The Bertz CT molecular complexity index is 363. The molecule has 1 heterocycles. The minimum Gasteiger partial charge on any atom is -0.480 e. The molecule has 0 unspecified atom stereocenters. The molecule has 2 rings (SSSR count). The number of nitrogens with zero attached hydrogens (tertiary/aromatic N) is 1. The highest BCUT2D eigenvalue weighted by molar-refractivity contribution is 8.00. The third-order valence-electron chi connectivity index (χ3n) is 4.15. The Morgan fingerprint density at radius 3 is 2.33 bits per heavy atom. The van der Waals surface area contributed by atoms with Gasteiger partial charge < -0.3 is 10.0 Å². The first-order chi connectivity index (χ1) is 8.37. The van der Waals surface area contributed by atoms with Crippen molar-refractivity contribution < 1.29 is 14.7 Å². The predicted molar refractivity (Wildman–Crippen MR) is 71.7 cm³/mol. The second kappa shape index (κ2) is 4.76. The molecular formula is C13H21NO3S. The predicted octanol–water partition coefficient (Wildman–Crippen LogP) is 1.99. The summed E-state index contributed by atoms with van der Waals surface area (Å²) in [5.74, 6) is -0.191. The van der Waals surface area contributed by atoms with E-state index in [9.17, 15) is 14.7 Å². The number of hydrogen-bond acceptors (Lipinski definition) is 3. The third kappa shape index (κ3) is 2.37. The van der Waals surface area contributed by atoms with Crippen molar-refractivity contribution in [3.8, 4) is 0 Å². The van der Waals surface area contributed by atoms with Crippen molar-refractivity contribution >= 4 is 23.6 Å². The van der Waals surface area contributed by atoms with Gasteiger partial charge in [-0.2, -0.15) is 11.8 Å². The molecule has 0 spiro atoms. The van der Waals surface area contributed by atoms with Gasteiger partial charge >= 0.3 is 5.97 Å². The second-order valence-corrected chi connectivity index (χ2v) is 7.69. The zero-order valence-electron chi connectivity index (χ0n) is 11.1. The first-order valence-corrected chi connectivity index (χ1v) is 7.53. The van der Waals surface area contributed by atoms with Gasteiger partial charge in [-0.3, -0.25) is 9.59 Å². The van der Waals surface area contributed by atoms with E-state index in [1.165, 1.54) is 0 Å². The van der Waals surface area contributed by atoms with Crippen LogP contribution in [0.25, 0.3) is 0 Å². The van der Waals surface area contributed by atoms with Gasteiger partial charge in [-0.15, -0.1) is 0 Å². The fraction of sp³-hybridized carbons (Fsp3) is 0.846. The van der Waals surface area contributed by atoms with Crippen molar-refractivity contribution in [1.29, 1.82) is 0 Å². The smallest absolute Gasteiger partial charge is 0.319 e. The lowest BCUT2D eigenvalue weighted by Gasteiger charge is -2.39. The van der Waals surface area contributed by atoms with Crippen LogP contribution in [0.3, 0.4) is 0 Å². The van der Waals surface area contributed by atoms with Gasteiger partial charge in [0.05, 0.1) is 0 Å². The number of hydrogen-bond donors (Lipinski definition) is 1. The molecule has 1 aliphatic carbocycles. The molecule has 4 nitrogen and oxygen atoms in total. The topological polar surface area (TPSA) is 57.6 Å². The zero-order valence-corrected chi connectivity index (χ0v) is 11.9. The summed E-state index contributed by atoms with van der Waals surface area (Å²) in [4.78, 5) is 25.6. The van der Waals surface area contributed by atoms with E-state index in [1.807, 2.05) is 11.8 Å². The maximum Gasteiger partial charge on any atom is 0.319 e. The van der Waals surface area contributed by atoms with Crippen molar-refractivity contribution in [2.75, 3.05) is 18.8 Å². The molecule has 1 N–H and O–H groups in total. The van der Waals surface area contributed by atoms with Crippen LogP contribution < -0.4 is 0 Å². The van der Waals surface area contributed by atoms with Gasteiger partial charge in [-0.1, -0.05) is 20.3 Å². The lowest BCUT2D eigenvalue weighted by Crippen LogP contribution is -2.53. The molecule has 102 valence electrons. The van der Waals surface area contributed by atoms with Crippen molar-refractivity contribution in [3.05, 3.63) is 0 Å². The molecule has 0 atom stereocenters. The molecule has 1 saturated carbocycles. The molecule has 5 heteroatoms. The third-order valence-corrected chi connectivity index (χ3v) is 5.52. The van der Waals surface area contributed by atoms with E-state index < -0.39 is 11.4 Å². The van der Waals surface area contributed by atoms with Crippen LogP contribution in [0, 0.1) is 5.41 Å². The number of carboxylic acid groups (broad SMARTS) is 1. The Morgan fingerprint density at radius 1 is 1.17 bits per heavy atom. The number of carbonyl (C=O) groups is 2. The monoisotopic (exact) mass is 271 g/mol. The van der Waals surface area contributed by atoms with Crippen LogP contribution in [0.2, 0.25) is 0 Å². The molecule has 0 bridgehead atoms. The highest BCUT2D eigenvalue weighted by atomic mass is 32.2. The maximum absolute atomic E-state index is 12.4. The summed E-state index contributed by atoms with van der Waals surface area (Å²) in [5.41, 5.74) is -1.10. The van der Waals surface area contributed by atoms with E-state index in [4.69, 9.17) is 0 Å². The summed E-state index contributed by atoms with van der Waals surface area (Å²) < 4.78 is 0.186. The number of thioether (sulfide) groups is 1. The fourth-order valence-electron chi connectivity index (χ4n) is 2.58. The lowest BCUT2D eigenvalue weighted by molar-refractivity contribution is -0.167. The van der Waals surface area contributed by atoms with Gasteiger partial charge in [0.25, 0.3) is 0 Å². The van der Waals surface area contributed by atoms with Crippen LogP contribution in [0.4, 0.5) is 0 Å². The molecular weight excluding hydrogens is 250 g/mol. The Morgan fingerprint density at radius 2 is 1.83 bits per heavy atom. The normalized spacial score (nSPS) is 26.0. The Balaban J connectivity index is 2.07. The van der Waals surface area contributed by atoms with Gasteiger partial charge in [0.15, 0.2) is 0 Å². The van der Waals surface area contributed by atoms with Crippen molar-refractivity contribution in [2.45, 2.75) is 44.3 Å². The van der Waals surface area contributed by atoms with Gasteiger partial charge in [-0.05, 0) is 19.3 Å². The fourth-order valence-corrected chi connectivity index (χ4v) is 3.68. The summed E-state index contributed by atoms with van der Waals surface area (Å²) in [6, 6.07) is 0. The van der Waals surface area contributed by atoms with E-state index in [2.05, 4.69) is 13.8 Å². The van der Waals surface area contributed by atoms with Crippen molar-refractivity contribution in [1.82, 2.24) is 4.90 Å². The molecule has 1 amide bonds. The van der Waals surface area contributed by atoms with Gasteiger partial charge in [-0.25, -0.2) is 0 Å². The Kier molecular flexibility index (Phi) is 3.63. The van der Waals surface area contributed by atoms with Crippen molar-refractivity contribution in [2.24, 2.45) is 5.41 Å². The SMILES string of the molecule is CC1(C)CCN(C(=O)C2(C(=O)O)CCC2)CCS1.